The molecule has 3 heteroatoms. The van der Waals surface area contributed by atoms with Crippen LogP contribution in [-0.2, 0) is 0 Å². The maximum Gasteiger partial charge on any atom is 0.0752 e. The highest BCUT2D eigenvalue weighted by Gasteiger charge is 2.24. The van der Waals surface area contributed by atoms with Gasteiger partial charge in [-0.1, -0.05) is 24.9 Å². The van der Waals surface area contributed by atoms with Crippen LogP contribution in [0.25, 0.3) is 10.9 Å². The average Bonchev–Trinajstić information content (AvgIpc) is 2.80. The number of rotatable bonds is 2. The standard InChI is InChI=1S/C16H19ClN2/c1-10-5-3-7-14(10)19-16-12-6-4-8-18-15(12)11(2)9-13(16)17/h4,6,8-10,14,19H,3,5,7H2,1-2H3. The molecule has 1 aliphatic carbocycles. The number of aryl methyl sites for hydroxylation is 1. The van der Waals surface area contributed by atoms with Crippen LogP contribution >= 0.6 is 11.6 Å². The number of pyridine rings is 1. The number of benzene rings is 1. The number of fused-ring (bicyclic) bond motifs is 1. The van der Waals surface area contributed by atoms with E-state index in [1.807, 2.05) is 18.3 Å². The second-order valence-corrected chi connectivity index (χ2v) is 6.02. The van der Waals surface area contributed by atoms with Crippen LogP contribution in [0.1, 0.15) is 31.7 Å². The Morgan fingerprint density at radius 1 is 1.37 bits per heavy atom. The normalized spacial score (nSPS) is 22.9. The molecule has 1 aromatic heterocycles. The Morgan fingerprint density at radius 2 is 2.21 bits per heavy atom. The van der Waals surface area contributed by atoms with Crippen molar-refractivity contribution in [1.82, 2.24) is 4.98 Å². The van der Waals surface area contributed by atoms with Crippen molar-refractivity contribution in [2.24, 2.45) is 5.92 Å². The van der Waals surface area contributed by atoms with Crippen molar-refractivity contribution in [3.63, 3.8) is 0 Å². The zero-order chi connectivity index (χ0) is 13.4. The van der Waals surface area contributed by atoms with E-state index in [9.17, 15) is 0 Å². The lowest BCUT2D eigenvalue weighted by Crippen LogP contribution is -2.22. The molecule has 1 heterocycles. The fourth-order valence-corrected chi connectivity index (χ4v) is 3.39. The Balaban J connectivity index is 2.07. The van der Waals surface area contributed by atoms with Crippen LogP contribution in [0.5, 0.6) is 0 Å². The van der Waals surface area contributed by atoms with Gasteiger partial charge in [0.2, 0.25) is 0 Å². The maximum atomic E-state index is 6.44. The highest BCUT2D eigenvalue weighted by atomic mass is 35.5. The van der Waals surface area contributed by atoms with E-state index in [-0.39, 0.29) is 0 Å². The van der Waals surface area contributed by atoms with Crippen molar-refractivity contribution < 1.29 is 0 Å². The summed E-state index contributed by atoms with van der Waals surface area (Å²) >= 11 is 6.44. The molecule has 19 heavy (non-hydrogen) atoms. The molecule has 1 saturated carbocycles. The largest absolute Gasteiger partial charge is 0.380 e. The molecule has 1 aliphatic rings. The van der Waals surface area contributed by atoms with Crippen LogP contribution in [-0.4, -0.2) is 11.0 Å². The molecule has 2 aromatic rings. The van der Waals surface area contributed by atoms with Crippen molar-refractivity contribution in [3.05, 3.63) is 35.0 Å². The molecule has 0 amide bonds. The van der Waals surface area contributed by atoms with Crippen LogP contribution in [0.15, 0.2) is 24.4 Å². The Morgan fingerprint density at radius 3 is 2.95 bits per heavy atom. The second-order valence-electron chi connectivity index (χ2n) is 5.61. The summed E-state index contributed by atoms with van der Waals surface area (Å²) in [6, 6.07) is 6.62. The number of nitrogens with one attached hydrogen (secondary N) is 1. The minimum absolute atomic E-state index is 0.531. The Hall–Kier alpha value is -1.28. The van der Waals surface area contributed by atoms with E-state index >= 15 is 0 Å². The zero-order valence-electron chi connectivity index (χ0n) is 11.4. The van der Waals surface area contributed by atoms with Crippen molar-refractivity contribution in [2.75, 3.05) is 5.32 Å². The van der Waals surface area contributed by atoms with E-state index in [1.165, 1.54) is 19.3 Å². The molecule has 0 spiro atoms. The third-order valence-corrected chi connectivity index (χ3v) is 4.52. The lowest BCUT2D eigenvalue weighted by molar-refractivity contribution is 0.557. The van der Waals surface area contributed by atoms with Crippen molar-refractivity contribution >= 4 is 28.2 Å². The third-order valence-electron chi connectivity index (χ3n) is 4.22. The van der Waals surface area contributed by atoms with Gasteiger partial charge in [0.05, 0.1) is 16.2 Å². The molecule has 1 aromatic carbocycles. The van der Waals surface area contributed by atoms with Gasteiger partial charge < -0.3 is 5.32 Å². The average molecular weight is 275 g/mol. The van der Waals surface area contributed by atoms with Gasteiger partial charge in [-0.25, -0.2) is 0 Å². The Kier molecular flexibility index (Phi) is 3.36. The van der Waals surface area contributed by atoms with Crippen LogP contribution in [0, 0.1) is 12.8 Å². The summed E-state index contributed by atoms with van der Waals surface area (Å²) in [4.78, 5) is 4.48. The molecular formula is C16H19ClN2. The Bertz CT molecular complexity index is 609. The van der Waals surface area contributed by atoms with Crippen LogP contribution in [0.4, 0.5) is 5.69 Å². The fourth-order valence-electron chi connectivity index (χ4n) is 3.07. The van der Waals surface area contributed by atoms with Gasteiger partial charge in [-0.2, -0.15) is 0 Å². The maximum absolute atomic E-state index is 6.44. The summed E-state index contributed by atoms with van der Waals surface area (Å²) in [6.45, 7) is 4.37. The minimum atomic E-state index is 0.531. The molecule has 2 unspecified atom stereocenters. The van der Waals surface area contributed by atoms with E-state index in [4.69, 9.17) is 11.6 Å². The molecule has 2 atom stereocenters. The van der Waals surface area contributed by atoms with Gasteiger partial charge in [0.1, 0.15) is 0 Å². The highest BCUT2D eigenvalue weighted by Crippen LogP contribution is 2.36. The predicted octanol–water partition coefficient (Wildman–Crippen LogP) is 4.80. The number of nitrogens with zero attached hydrogens (tertiary/aromatic N) is 1. The van der Waals surface area contributed by atoms with E-state index < -0.39 is 0 Å². The van der Waals surface area contributed by atoms with Gasteiger partial charge >= 0.3 is 0 Å². The number of halogens is 1. The molecule has 0 aliphatic heterocycles. The van der Waals surface area contributed by atoms with Gasteiger partial charge in [0.15, 0.2) is 0 Å². The van der Waals surface area contributed by atoms with E-state index in [0.29, 0.717) is 12.0 Å². The summed E-state index contributed by atoms with van der Waals surface area (Å²) in [6.07, 6.45) is 5.67. The van der Waals surface area contributed by atoms with E-state index in [2.05, 4.69) is 30.2 Å². The van der Waals surface area contributed by atoms with E-state index in [1.54, 1.807) is 0 Å². The topological polar surface area (TPSA) is 24.9 Å². The van der Waals surface area contributed by atoms with Crippen molar-refractivity contribution in [1.29, 1.82) is 0 Å². The van der Waals surface area contributed by atoms with E-state index in [0.717, 1.165) is 27.2 Å². The molecule has 2 nitrogen and oxygen atoms in total. The molecule has 100 valence electrons. The second kappa shape index (κ2) is 5.01. The number of hydrogen-bond acceptors (Lipinski definition) is 2. The lowest BCUT2D eigenvalue weighted by Gasteiger charge is -2.21. The lowest BCUT2D eigenvalue weighted by atomic mass is 10.0. The molecule has 0 saturated heterocycles. The van der Waals surface area contributed by atoms with Crippen molar-refractivity contribution in [3.8, 4) is 0 Å². The first kappa shape index (κ1) is 12.7. The van der Waals surface area contributed by atoms with Crippen LogP contribution < -0.4 is 5.32 Å². The monoisotopic (exact) mass is 274 g/mol. The van der Waals surface area contributed by atoms with Gasteiger partial charge in [0.25, 0.3) is 0 Å². The Labute approximate surface area is 119 Å². The molecule has 0 radical (unpaired) electrons. The predicted molar refractivity (Wildman–Crippen MR) is 81.9 cm³/mol. The van der Waals surface area contributed by atoms with Gasteiger partial charge in [0, 0.05) is 17.6 Å². The fraction of sp³-hybridized carbons (Fsp3) is 0.438. The first-order chi connectivity index (χ1) is 9.16. The summed E-state index contributed by atoms with van der Waals surface area (Å²) in [5, 5.41) is 5.59. The van der Waals surface area contributed by atoms with Gasteiger partial charge in [-0.3, -0.25) is 4.98 Å². The third kappa shape index (κ3) is 2.30. The zero-order valence-corrected chi connectivity index (χ0v) is 12.2. The highest BCUT2D eigenvalue weighted by molar-refractivity contribution is 6.35. The summed E-state index contributed by atoms with van der Waals surface area (Å²) in [5.74, 6) is 0.712. The molecule has 1 N–H and O–H groups in total. The summed E-state index contributed by atoms with van der Waals surface area (Å²) in [5.41, 5.74) is 3.22. The van der Waals surface area contributed by atoms with Gasteiger partial charge in [-0.15, -0.1) is 0 Å². The minimum Gasteiger partial charge on any atom is -0.380 e. The molecule has 0 bridgehead atoms. The number of aromatic nitrogens is 1. The van der Waals surface area contributed by atoms with Crippen LogP contribution in [0.3, 0.4) is 0 Å². The number of hydrogen-bond donors (Lipinski definition) is 1. The van der Waals surface area contributed by atoms with Gasteiger partial charge in [-0.05, 0) is 49.4 Å². The smallest absolute Gasteiger partial charge is 0.0752 e. The SMILES string of the molecule is Cc1cc(Cl)c(NC2CCCC2C)c2cccnc12. The van der Waals surface area contributed by atoms with Crippen LogP contribution in [0.2, 0.25) is 5.02 Å². The quantitative estimate of drug-likeness (QED) is 0.851. The molecular weight excluding hydrogens is 256 g/mol. The molecule has 1 fully saturated rings. The number of anilines is 1. The first-order valence-corrected chi connectivity index (χ1v) is 7.35. The summed E-state index contributed by atoms with van der Waals surface area (Å²) in [7, 11) is 0. The summed E-state index contributed by atoms with van der Waals surface area (Å²) < 4.78 is 0. The van der Waals surface area contributed by atoms with Crippen molar-refractivity contribution in [2.45, 2.75) is 39.2 Å². The molecule has 3 rings (SSSR count). The first-order valence-electron chi connectivity index (χ1n) is 6.97.